The van der Waals surface area contributed by atoms with Crippen LogP contribution in [0.3, 0.4) is 0 Å². The molecule has 0 aliphatic heterocycles. The lowest BCUT2D eigenvalue weighted by Crippen LogP contribution is -2.28. The predicted molar refractivity (Wildman–Crippen MR) is 95.8 cm³/mol. The van der Waals surface area contributed by atoms with E-state index in [1.165, 1.54) is 7.05 Å². The maximum absolute atomic E-state index is 12.8. The number of aromatic nitrogens is 4. The van der Waals surface area contributed by atoms with E-state index in [0.717, 1.165) is 28.8 Å². The molecule has 1 fully saturated rings. The number of rotatable bonds is 5. The van der Waals surface area contributed by atoms with Crippen molar-refractivity contribution in [3.8, 4) is 11.3 Å². The monoisotopic (exact) mass is 405 g/mol. The van der Waals surface area contributed by atoms with Crippen LogP contribution in [0.15, 0.2) is 35.0 Å². The maximum atomic E-state index is 12.8. The third-order valence-corrected chi connectivity index (χ3v) is 4.78. The highest BCUT2D eigenvalue weighted by Gasteiger charge is 2.35. The van der Waals surface area contributed by atoms with Gasteiger partial charge in [-0.15, -0.1) is 0 Å². The minimum absolute atomic E-state index is 0.202. The Morgan fingerprint density at radius 2 is 2.07 bits per heavy atom. The Labute approximate surface area is 163 Å². The number of nitrogens with zero attached hydrogens (tertiary/aromatic N) is 4. The summed E-state index contributed by atoms with van der Waals surface area (Å²) < 4.78 is 44.6. The first-order chi connectivity index (χ1) is 13.7. The summed E-state index contributed by atoms with van der Waals surface area (Å²) in [5.41, 5.74) is 1.16. The molecule has 1 aliphatic rings. The fraction of sp³-hybridized carbons (Fsp3) is 0.368. The molecule has 0 bridgehead atoms. The second kappa shape index (κ2) is 7.02. The molecular formula is C19H18F3N5O2. The second-order valence-electron chi connectivity index (χ2n) is 7.09. The molecule has 0 unspecified atom stereocenters. The normalized spacial score (nSPS) is 15.3. The second-order valence-corrected chi connectivity index (χ2v) is 7.09. The van der Waals surface area contributed by atoms with Crippen molar-refractivity contribution in [2.75, 3.05) is 0 Å². The van der Waals surface area contributed by atoms with Crippen LogP contribution in [0.5, 0.6) is 0 Å². The van der Waals surface area contributed by atoms with Gasteiger partial charge in [-0.25, -0.2) is 0 Å². The van der Waals surface area contributed by atoms with Gasteiger partial charge in [0.25, 0.3) is 5.91 Å². The summed E-state index contributed by atoms with van der Waals surface area (Å²) in [6, 6.07) is 5.60. The zero-order valence-electron chi connectivity index (χ0n) is 15.7. The van der Waals surface area contributed by atoms with Crippen molar-refractivity contribution in [1.29, 1.82) is 0 Å². The summed E-state index contributed by atoms with van der Waals surface area (Å²) in [5, 5.41) is 9.99. The molecule has 3 aromatic heterocycles. The topological polar surface area (TPSA) is 85.8 Å². The number of pyridine rings is 1. The number of halogens is 3. The van der Waals surface area contributed by atoms with Crippen molar-refractivity contribution in [2.45, 2.75) is 37.9 Å². The maximum Gasteiger partial charge on any atom is 0.435 e. The van der Waals surface area contributed by atoms with Crippen molar-refractivity contribution < 1.29 is 22.5 Å². The molecule has 0 aromatic carbocycles. The van der Waals surface area contributed by atoms with Gasteiger partial charge < -0.3 is 9.84 Å². The summed E-state index contributed by atoms with van der Waals surface area (Å²) in [4.78, 5) is 16.7. The fourth-order valence-corrected chi connectivity index (χ4v) is 3.00. The summed E-state index contributed by atoms with van der Waals surface area (Å²) in [5.74, 6) is 0.192. The number of amides is 1. The Kier molecular flexibility index (Phi) is 4.64. The summed E-state index contributed by atoms with van der Waals surface area (Å²) in [6.07, 6.45) is -0.629. The van der Waals surface area contributed by atoms with Crippen molar-refractivity contribution in [3.63, 3.8) is 0 Å². The van der Waals surface area contributed by atoms with Crippen LogP contribution in [0.2, 0.25) is 0 Å². The first-order valence-corrected chi connectivity index (χ1v) is 9.07. The standard InChI is InChI=1S/C19H18F3N5O2/c1-10(24-18(28)15-9-17(19(20,21)22)25-27(15)2)16-8-14(26-29-16)12-5-6-23-13(7-12)11-3-4-11/h5-11H,3-4H2,1-2H3,(H,24,28)/t10-/m0/s1. The van der Waals surface area contributed by atoms with E-state index in [9.17, 15) is 18.0 Å². The number of carbonyl (C=O) groups excluding carboxylic acids is 1. The summed E-state index contributed by atoms with van der Waals surface area (Å²) >= 11 is 0. The van der Waals surface area contributed by atoms with Gasteiger partial charge in [-0.3, -0.25) is 14.5 Å². The van der Waals surface area contributed by atoms with Crippen molar-refractivity contribution in [2.24, 2.45) is 7.05 Å². The number of aryl methyl sites for hydroxylation is 1. The summed E-state index contributed by atoms with van der Waals surface area (Å²) in [6.45, 7) is 1.66. The van der Waals surface area contributed by atoms with E-state index in [2.05, 4.69) is 20.6 Å². The Morgan fingerprint density at radius 3 is 2.72 bits per heavy atom. The van der Waals surface area contributed by atoms with Gasteiger partial charge in [0.05, 0.1) is 6.04 Å². The van der Waals surface area contributed by atoms with Crippen LogP contribution >= 0.6 is 0 Å². The van der Waals surface area contributed by atoms with Gasteiger partial charge in [0.1, 0.15) is 11.4 Å². The van der Waals surface area contributed by atoms with Crippen LogP contribution in [-0.2, 0) is 13.2 Å². The predicted octanol–water partition coefficient (Wildman–Crippen LogP) is 3.86. The lowest BCUT2D eigenvalue weighted by molar-refractivity contribution is -0.141. The molecule has 7 nitrogen and oxygen atoms in total. The van der Waals surface area contributed by atoms with Gasteiger partial charge in [0, 0.05) is 42.6 Å². The van der Waals surface area contributed by atoms with Gasteiger partial charge in [0.15, 0.2) is 11.5 Å². The SMILES string of the molecule is C[C@H](NC(=O)c1cc(C(F)(F)F)nn1C)c1cc(-c2ccnc(C3CC3)c2)no1. The van der Waals surface area contributed by atoms with E-state index in [1.807, 2.05) is 12.1 Å². The Morgan fingerprint density at radius 1 is 1.31 bits per heavy atom. The molecule has 1 amide bonds. The third kappa shape index (κ3) is 4.01. The molecule has 1 atom stereocenters. The molecule has 1 saturated carbocycles. The van der Waals surface area contributed by atoms with Crippen LogP contribution < -0.4 is 5.32 Å². The van der Waals surface area contributed by atoms with Gasteiger partial charge in [-0.05, 0) is 31.9 Å². The summed E-state index contributed by atoms with van der Waals surface area (Å²) in [7, 11) is 1.28. The molecule has 3 aromatic rings. The molecule has 0 spiro atoms. The number of hydrogen-bond acceptors (Lipinski definition) is 5. The van der Waals surface area contributed by atoms with Crippen molar-refractivity contribution >= 4 is 5.91 Å². The van der Waals surface area contributed by atoms with Crippen molar-refractivity contribution in [3.05, 3.63) is 53.3 Å². The van der Waals surface area contributed by atoms with Crippen LogP contribution in [0.4, 0.5) is 13.2 Å². The molecule has 1 N–H and O–H groups in total. The zero-order valence-corrected chi connectivity index (χ0v) is 15.7. The fourth-order valence-electron chi connectivity index (χ4n) is 3.00. The highest BCUT2D eigenvalue weighted by atomic mass is 19.4. The zero-order chi connectivity index (χ0) is 20.8. The number of nitrogens with one attached hydrogen (secondary N) is 1. The van der Waals surface area contributed by atoms with E-state index in [0.29, 0.717) is 23.4 Å². The van der Waals surface area contributed by atoms with Crippen LogP contribution in [-0.4, -0.2) is 25.8 Å². The van der Waals surface area contributed by atoms with Crippen LogP contribution in [0.25, 0.3) is 11.3 Å². The minimum Gasteiger partial charge on any atom is -0.359 e. The quantitative estimate of drug-likeness (QED) is 0.697. The van der Waals surface area contributed by atoms with Crippen molar-refractivity contribution in [1.82, 2.24) is 25.2 Å². The van der Waals surface area contributed by atoms with Gasteiger partial charge in [0.2, 0.25) is 0 Å². The molecule has 4 rings (SSSR count). The lowest BCUT2D eigenvalue weighted by atomic mass is 10.1. The van der Waals surface area contributed by atoms with E-state index in [4.69, 9.17) is 4.52 Å². The first kappa shape index (κ1) is 19.2. The van der Waals surface area contributed by atoms with Gasteiger partial charge in [-0.2, -0.15) is 18.3 Å². The minimum atomic E-state index is -4.62. The first-order valence-electron chi connectivity index (χ1n) is 9.07. The van der Waals surface area contributed by atoms with Gasteiger partial charge >= 0.3 is 6.18 Å². The Bertz CT molecular complexity index is 1050. The van der Waals surface area contributed by atoms with E-state index in [-0.39, 0.29) is 5.69 Å². The number of hydrogen-bond donors (Lipinski definition) is 1. The smallest absolute Gasteiger partial charge is 0.359 e. The highest BCUT2D eigenvalue weighted by molar-refractivity contribution is 5.92. The molecule has 29 heavy (non-hydrogen) atoms. The molecule has 10 heteroatoms. The Balaban J connectivity index is 1.48. The molecule has 0 radical (unpaired) electrons. The van der Waals surface area contributed by atoms with Crippen LogP contribution in [0.1, 0.15) is 59.4 Å². The number of alkyl halides is 3. The molecule has 152 valence electrons. The Hall–Kier alpha value is -3.17. The van der Waals surface area contributed by atoms with E-state index in [1.54, 1.807) is 19.2 Å². The van der Waals surface area contributed by atoms with E-state index < -0.39 is 23.8 Å². The number of carbonyl (C=O) groups is 1. The molecular weight excluding hydrogens is 387 g/mol. The van der Waals surface area contributed by atoms with E-state index >= 15 is 0 Å². The average molecular weight is 405 g/mol. The van der Waals surface area contributed by atoms with Gasteiger partial charge in [-0.1, -0.05) is 5.16 Å². The highest BCUT2D eigenvalue weighted by Crippen LogP contribution is 2.39. The third-order valence-electron chi connectivity index (χ3n) is 4.78. The van der Waals surface area contributed by atoms with Crippen LogP contribution in [0, 0.1) is 0 Å². The average Bonchev–Trinajstić information content (AvgIpc) is 3.25. The molecule has 1 aliphatic carbocycles. The molecule has 0 saturated heterocycles. The lowest BCUT2D eigenvalue weighted by Gasteiger charge is -2.10. The molecule has 3 heterocycles. The largest absolute Gasteiger partial charge is 0.435 e.